The number of hydrazone groups is 1. The number of rotatable bonds is 8. The molecule has 1 aromatic rings. The molecule has 1 aromatic carbocycles. The molecule has 0 spiro atoms. The molecular weight excluding hydrogens is 436 g/mol. The third-order valence-corrected chi connectivity index (χ3v) is 6.08. The van der Waals surface area contributed by atoms with Crippen LogP contribution in [0.15, 0.2) is 29.4 Å². The second-order valence-electron chi connectivity index (χ2n) is 8.32. The lowest BCUT2D eigenvalue weighted by molar-refractivity contribution is -0.149. The Labute approximate surface area is 191 Å². The number of hydrogen-bond donors (Lipinski definition) is 0. The lowest BCUT2D eigenvalue weighted by Crippen LogP contribution is -2.28. The van der Waals surface area contributed by atoms with Crippen LogP contribution < -0.4 is 9.47 Å². The van der Waals surface area contributed by atoms with Crippen LogP contribution in [0.25, 0.3) is 0 Å². The fourth-order valence-electron chi connectivity index (χ4n) is 4.62. The molecule has 4 rings (SSSR count). The van der Waals surface area contributed by atoms with Crippen LogP contribution in [0.3, 0.4) is 0 Å². The molecule has 1 saturated carbocycles. The van der Waals surface area contributed by atoms with Crippen LogP contribution in [0.4, 0.5) is 0 Å². The van der Waals surface area contributed by atoms with Crippen LogP contribution in [0.2, 0.25) is 5.02 Å². The lowest BCUT2D eigenvalue weighted by Gasteiger charge is -2.15. The number of hydrogen-bond acceptors (Lipinski definition) is 7. The molecule has 8 nitrogen and oxygen atoms in total. The van der Waals surface area contributed by atoms with Crippen LogP contribution >= 0.6 is 11.6 Å². The van der Waals surface area contributed by atoms with Crippen molar-refractivity contribution in [1.82, 2.24) is 5.01 Å². The van der Waals surface area contributed by atoms with Crippen molar-refractivity contribution in [2.45, 2.75) is 33.3 Å². The molecule has 2 fully saturated rings. The normalized spacial score (nSPS) is 25.8. The van der Waals surface area contributed by atoms with Gasteiger partial charge in [0.2, 0.25) is 0 Å². The van der Waals surface area contributed by atoms with E-state index in [0.717, 1.165) is 11.4 Å². The molecule has 3 aliphatic rings. The topological polar surface area (TPSA) is 94.5 Å². The number of halogens is 1. The van der Waals surface area contributed by atoms with E-state index >= 15 is 0 Å². The van der Waals surface area contributed by atoms with Gasteiger partial charge in [-0.1, -0.05) is 23.8 Å². The van der Waals surface area contributed by atoms with Gasteiger partial charge in [0, 0.05) is 0 Å². The van der Waals surface area contributed by atoms with E-state index in [0.29, 0.717) is 17.9 Å². The maximum atomic E-state index is 12.8. The van der Waals surface area contributed by atoms with E-state index in [-0.39, 0.29) is 59.0 Å². The minimum Gasteiger partial charge on any atom is -0.490 e. The highest BCUT2D eigenvalue weighted by Gasteiger charge is 2.59. The number of carbonyl (C=O) groups excluding carboxylic acids is 3. The number of benzene rings is 1. The minimum absolute atomic E-state index is 0.125. The summed E-state index contributed by atoms with van der Waals surface area (Å²) < 4.78 is 16.2. The molecule has 0 aromatic heterocycles. The summed E-state index contributed by atoms with van der Waals surface area (Å²) in [4.78, 5) is 37.3. The summed E-state index contributed by atoms with van der Waals surface area (Å²) in [7, 11) is 0. The van der Waals surface area contributed by atoms with Gasteiger partial charge < -0.3 is 14.2 Å². The number of fused-ring (bicyclic) bond motifs is 5. The van der Waals surface area contributed by atoms with E-state index in [9.17, 15) is 14.4 Å². The third kappa shape index (κ3) is 4.11. The largest absolute Gasteiger partial charge is 0.490 e. The van der Waals surface area contributed by atoms with Crippen LogP contribution in [-0.4, -0.2) is 48.3 Å². The molecule has 1 saturated heterocycles. The summed E-state index contributed by atoms with van der Waals surface area (Å²) in [5, 5.41) is 5.34. The average molecular weight is 461 g/mol. The first-order chi connectivity index (χ1) is 15.3. The molecule has 1 aliphatic heterocycles. The Morgan fingerprint density at radius 3 is 2.44 bits per heavy atom. The van der Waals surface area contributed by atoms with Crippen molar-refractivity contribution in [2.75, 3.05) is 13.2 Å². The molecule has 0 N–H and O–H groups in total. The summed E-state index contributed by atoms with van der Waals surface area (Å²) >= 11 is 6.36. The number of imide groups is 1. The van der Waals surface area contributed by atoms with Gasteiger partial charge in [0.25, 0.3) is 11.8 Å². The molecule has 2 aliphatic carbocycles. The van der Waals surface area contributed by atoms with E-state index in [4.69, 9.17) is 25.8 Å². The van der Waals surface area contributed by atoms with Gasteiger partial charge in [0.1, 0.15) is 0 Å². The molecule has 32 heavy (non-hydrogen) atoms. The third-order valence-electron chi connectivity index (χ3n) is 5.80. The Hall–Kier alpha value is -2.87. The highest BCUT2D eigenvalue weighted by Crippen LogP contribution is 2.52. The Morgan fingerprint density at radius 2 is 1.84 bits per heavy atom. The SMILES string of the molecule is CCOc1cc(C=NN2C(=O)C3C4C=CC(C4)C3C2=O)cc(Cl)c1OCC(=O)OC(C)C. The number of amides is 2. The molecule has 170 valence electrons. The van der Waals surface area contributed by atoms with Crippen molar-refractivity contribution in [3.63, 3.8) is 0 Å². The Morgan fingerprint density at radius 1 is 1.19 bits per heavy atom. The zero-order valence-corrected chi connectivity index (χ0v) is 18.9. The standard InChI is InChI=1S/C23H25ClN2O6/c1-4-30-17-8-13(7-16(24)21(17)31-11-18(27)32-12(2)3)10-25-26-22(28)19-14-5-6-15(9-14)20(19)23(26)29/h5-8,10,12,14-15,19-20H,4,9,11H2,1-3H3. The second-order valence-corrected chi connectivity index (χ2v) is 8.73. The monoisotopic (exact) mass is 460 g/mol. The van der Waals surface area contributed by atoms with Crippen molar-refractivity contribution < 1.29 is 28.6 Å². The van der Waals surface area contributed by atoms with Crippen molar-refractivity contribution in [3.8, 4) is 11.5 Å². The fourth-order valence-corrected chi connectivity index (χ4v) is 4.89. The van der Waals surface area contributed by atoms with E-state index in [1.807, 2.05) is 12.2 Å². The smallest absolute Gasteiger partial charge is 0.344 e. The lowest BCUT2D eigenvalue weighted by atomic mass is 9.85. The number of nitrogens with zero attached hydrogens (tertiary/aromatic N) is 2. The fraction of sp³-hybridized carbons (Fsp3) is 0.478. The highest BCUT2D eigenvalue weighted by atomic mass is 35.5. The van der Waals surface area contributed by atoms with Gasteiger partial charge >= 0.3 is 5.97 Å². The Balaban J connectivity index is 1.50. The predicted molar refractivity (Wildman–Crippen MR) is 117 cm³/mol. The molecular formula is C23H25ClN2O6. The predicted octanol–water partition coefficient (Wildman–Crippen LogP) is 3.21. The number of allylic oxidation sites excluding steroid dienone is 2. The summed E-state index contributed by atoms with van der Waals surface area (Å²) in [5.74, 6) is -0.880. The maximum absolute atomic E-state index is 12.8. The first-order valence-corrected chi connectivity index (χ1v) is 11.1. The average Bonchev–Trinajstić information content (AvgIpc) is 3.40. The van der Waals surface area contributed by atoms with Gasteiger partial charge in [0.05, 0.1) is 35.8 Å². The zero-order valence-electron chi connectivity index (χ0n) is 18.1. The summed E-state index contributed by atoms with van der Waals surface area (Å²) in [6.07, 6.45) is 6.08. The zero-order chi connectivity index (χ0) is 23.0. The van der Waals surface area contributed by atoms with Crippen LogP contribution in [0, 0.1) is 23.7 Å². The quantitative estimate of drug-likeness (QED) is 0.256. The summed E-state index contributed by atoms with van der Waals surface area (Å²) in [5.41, 5.74) is 0.523. The first kappa shape index (κ1) is 22.3. The van der Waals surface area contributed by atoms with Crippen molar-refractivity contribution >= 4 is 35.6 Å². The van der Waals surface area contributed by atoms with Crippen LogP contribution in [0.1, 0.15) is 32.8 Å². The Bertz CT molecular complexity index is 974. The second kappa shape index (κ2) is 8.94. The molecule has 2 bridgehead atoms. The summed E-state index contributed by atoms with van der Waals surface area (Å²) in [6.45, 7) is 5.31. The molecule has 4 atom stereocenters. The van der Waals surface area contributed by atoms with E-state index in [1.165, 1.54) is 6.21 Å². The van der Waals surface area contributed by atoms with Gasteiger partial charge in [-0.25, -0.2) is 4.79 Å². The van der Waals surface area contributed by atoms with Gasteiger partial charge in [-0.15, -0.1) is 0 Å². The van der Waals surface area contributed by atoms with Crippen LogP contribution in [0.5, 0.6) is 11.5 Å². The van der Waals surface area contributed by atoms with Gasteiger partial charge in [0.15, 0.2) is 18.1 Å². The number of ether oxygens (including phenoxy) is 3. The van der Waals surface area contributed by atoms with Gasteiger partial charge in [-0.05, 0) is 56.7 Å². The van der Waals surface area contributed by atoms with Crippen LogP contribution in [-0.2, 0) is 19.1 Å². The number of carbonyl (C=O) groups is 3. The number of esters is 1. The van der Waals surface area contributed by atoms with Gasteiger partial charge in [-0.3, -0.25) is 9.59 Å². The van der Waals surface area contributed by atoms with E-state index in [1.54, 1.807) is 32.9 Å². The minimum atomic E-state index is -0.524. The molecule has 2 amide bonds. The maximum Gasteiger partial charge on any atom is 0.344 e. The van der Waals surface area contributed by atoms with E-state index in [2.05, 4.69) is 5.10 Å². The molecule has 4 unspecified atom stereocenters. The van der Waals surface area contributed by atoms with Gasteiger partial charge in [-0.2, -0.15) is 10.1 Å². The molecule has 9 heteroatoms. The van der Waals surface area contributed by atoms with Crippen molar-refractivity contribution in [2.24, 2.45) is 28.8 Å². The molecule has 0 radical (unpaired) electrons. The van der Waals surface area contributed by atoms with E-state index < -0.39 is 5.97 Å². The molecule has 1 heterocycles. The van der Waals surface area contributed by atoms with Crippen molar-refractivity contribution in [3.05, 3.63) is 34.9 Å². The Kier molecular flexibility index (Phi) is 6.24. The highest BCUT2D eigenvalue weighted by molar-refractivity contribution is 6.32. The summed E-state index contributed by atoms with van der Waals surface area (Å²) in [6, 6.07) is 3.19. The first-order valence-electron chi connectivity index (χ1n) is 10.7. The van der Waals surface area contributed by atoms with Crippen molar-refractivity contribution in [1.29, 1.82) is 0 Å².